The lowest BCUT2D eigenvalue weighted by atomic mass is 10.0. The second-order valence-corrected chi connectivity index (χ2v) is 26.0. The Morgan fingerprint density at radius 3 is 1.24 bits per heavy atom. The van der Waals surface area contributed by atoms with Gasteiger partial charge >= 0.3 is 5.97 Å². The van der Waals surface area contributed by atoms with E-state index in [1.165, 1.54) is 26.3 Å². The van der Waals surface area contributed by atoms with Crippen molar-refractivity contribution in [2.45, 2.75) is 190 Å². The fourth-order valence-corrected chi connectivity index (χ4v) is 10.7. The largest absolute Gasteiger partial charge is 0.480 e. The number of carbonyl (C=O) groups excluding carboxylic acids is 14. The maximum atomic E-state index is 14.7. The number of aliphatic hydroxyl groups excluding tert-OH is 4. The van der Waals surface area contributed by atoms with Crippen molar-refractivity contribution in [1.82, 2.24) is 74.4 Å². The predicted octanol–water partition coefficient (Wildman–Crippen LogP) is -6.83. The number of hydrogen-bond donors (Lipinski definition) is 23. The third-order valence-corrected chi connectivity index (χ3v) is 16.6. The van der Waals surface area contributed by atoms with E-state index in [9.17, 15) is 97.5 Å². The Morgan fingerprint density at radius 2 is 0.820 bits per heavy atom. The van der Waals surface area contributed by atoms with Crippen molar-refractivity contribution in [3.63, 3.8) is 0 Å². The number of carboxylic acid groups (broad SMARTS) is 1. The number of guanidine groups is 1. The number of aliphatic hydroxyl groups is 4. The molecule has 39 nitrogen and oxygen atoms in total. The molecule has 0 heterocycles. The van der Waals surface area contributed by atoms with Gasteiger partial charge in [-0.05, 0) is 96.4 Å². The molecule has 39 heteroatoms. The van der Waals surface area contributed by atoms with E-state index in [0.717, 1.165) is 13.8 Å². The summed E-state index contributed by atoms with van der Waals surface area (Å²) in [4.78, 5) is 207. The van der Waals surface area contributed by atoms with Crippen LogP contribution in [0.2, 0.25) is 0 Å². The highest BCUT2D eigenvalue weighted by molar-refractivity contribution is 6.00. The minimum absolute atomic E-state index is 0.00558. The van der Waals surface area contributed by atoms with E-state index in [0.29, 0.717) is 22.3 Å². The van der Waals surface area contributed by atoms with Crippen molar-refractivity contribution in [2.75, 3.05) is 32.8 Å². The lowest BCUT2D eigenvalue weighted by molar-refractivity contribution is -0.142. The van der Waals surface area contributed by atoms with E-state index < -0.39 is 206 Å². The number of nitrogens with zero attached hydrogens (tertiary/aromatic N) is 1. The molecule has 0 fully saturated rings. The first kappa shape index (κ1) is 93.4. The molecule has 0 radical (unpaired) electrons. The topological polar surface area (TPSA) is 640 Å². The van der Waals surface area contributed by atoms with Crippen molar-refractivity contribution in [2.24, 2.45) is 22.2 Å². The minimum Gasteiger partial charge on any atom is -0.480 e. The van der Waals surface area contributed by atoms with Gasteiger partial charge < -0.3 is 117 Å². The summed E-state index contributed by atoms with van der Waals surface area (Å²) in [5.41, 5.74) is 18.8. The van der Waals surface area contributed by atoms with Crippen LogP contribution in [0.25, 0.3) is 0 Å². The second kappa shape index (κ2) is 49.3. The molecule has 0 aliphatic heterocycles. The SMILES string of the molecule is CC=N/C=C(\C)CC(NC(=O)C(Cc1ccccc1)NC(=O)C(Cc1ccccc1)NC(C)=O)C(=O)NC(CCCNC(=N)N)C(=O)NC(C(=O)NC(CO)C(=O)NC(CCCCN)C(=O)NC(CO)C(=O)NC(C(=O)NCC(=O)NC(CC(N)=O)C(=O)NC(Cc1ccccc1)C(=O)N[C@@H](C)C(=O)O)C(C)O)C(C)O. The monoisotopic (exact) mass is 1560 g/mol. The zero-order valence-electron chi connectivity index (χ0n) is 62.5. The van der Waals surface area contributed by atoms with E-state index >= 15 is 0 Å². The van der Waals surface area contributed by atoms with Gasteiger partial charge in [0.15, 0.2) is 5.96 Å². The summed E-state index contributed by atoms with van der Waals surface area (Å²) in [5, 5.41) is 93.0. The molecule has 3 aromatic rings. The van der Waals surface area contributed by atoms with Gasteiger partial charge in [0.2, 0.25) is 82.7 Å². The maximum Gasteiger partial charge on any atom is 0.325 e. The molecular formula is C72H105N19O20. The number of aliphatic imine (C=N–C) groups is 1. The molecule has 14 atom stereocenters. The van der Waals surface area contributed by atoms with Crippen molar-refractivity contribution in [3.05, 3.63) is 119 Å². The van der Waals surface area contributed by atoms with Gasteiger partial charge in [-0.3, -0.25) is 82.3 Å². The first-order valence-electron chi connectivity index (χ1n) is 35.6. The minimum atomic E-state index is -1.98. The highest BCUT2D eigenvalue weighted by Crippen LogP contribution is 2.14. The molecule has 0 saturated heterocycles. The molecule has 0 aliphatic carbocycles. The Bertz CT molecular complexity index is 3700. The van der Waals surface area contributed by atoms with Crippen molar-refractivity contribution in [1.29, 1.82) is 5.41 Å². The summed E-state index contributed by atoms with van der Waals surface area (Å²) in [7, 11) is 0. The third-order valence-electron chi connectivity index (χ3n) is 16.6. The number of benzene rings is 3. The van der Waals surface area contributed by atoms with Crippen LogP contribution in [-0.4, -0.2) is 244 Å². The number of hydrogen-bond acceptors (Lipinski definition) is 22. The molecule has 0 bridgehead atoms. The summed E-state index contributed by atoms with van der Waals surface area (Å²) in [6.45, 7) is 4.43. The fraction of sp³-hybridized carbons (Fsp3) is 0.486. The Hall–Kier alpha value is -11.8. The van der Waals surface area contributed by atoms with Crippen LogP contribution in [0.15, 0.2) is 108 Å². The molecule has 13 unspecified atom stereocenters. The van der Waals surface area contributed by atoms with Crippen LogP contribution in [-0.2, 0) is 91.2 Å². The van der Waals surface area contributed by atoms with Crippen LogP contribution >= 0.6 is 0 Å². The Balaban J connectivity index is 1.84. The normalized spacial score (nSPS) is 15.0. The predicted molar refractivity (Wildman–Crippen MR) is 402 cm³/mol. The molecule has 111 heavy (non-hydrogen) atoms. The zero-order chi connectivity index (χ0) is 82.9. The molecule has 0 aromatic heterocycles. The summed E-state index contributed by atoms with van der Waals surface area (Å²) in [5.74, 6) is -16.7. The van der Waals surface area contributed by atoms with Gasteiger partial charge in [0.05, 0.1) is 38.4 Å². The highest BCUT2D eigenvalue weighted by atomic mass is 16.4. The Morgan fingerprint density at radius 1 is 0.450 bits per heavy atom. The lowest BCUT2D eigenvalue weighted by Crippen LogP contribution is -2.63. The second-order valence-electron chi connectivity index (χ2n) is 26.0. The zero-order valence-corrected chi connectivity index (χ0v) is 62.5. The molecule has 0 spiro atoms. The van der Waals surface area contributed by atoms with Gasteiger partial charge in [0, 0.05) is 45.1 Å². The molecule has 3 aromatic carbocycles. The van der Waals surface area contributed by atoms with Gasteiger partial charge in [-0.15, -0.1) is 0 Å². The number of nitrogens with one attached hydrogen (secondary N) is 15. The summed E-state index contributed by atoms with van der Waals surface area (Å²) in [6, 6.07) is 5.70. The number of unbranched alkanes of at least 4 members (excludes halogenated alkanes) is 1. The van der Waals surface area contributed by atoms with Gasteiger partial charge in [-0.25, -0.2) is 0 Å². The number of rotatable bonds is 49. The number of carbonyl (C=O) groups is 15. The van der Waals surface area contributed by atoms with Crippen LogP contribution in [0.1, 0.15) is 103 Å². The molecule has 3 rings (SSSR count). The van der Waals surface area contributed by atoms with Gasteiger partial charge in [0.1, 0.15) is 72.5 Å². The van der Waals surface area contributed by atoms with E-state index in [4.69, 9.17) is 22.6 Å². The number of nitrogens with two attached hydrogens (primary N) is 3. The molecule has 14 amide bonds. The molecule has 0 aliphatic rings. The van der Waals surface area contributed by atoms with Crippen LogP contribution in [0.3, 0.4) is 0 Å². The molecule has 26 N–H and O–H groups in total. The lowest BCUT2D eigenvalue weighted by Gasteiger charge is -2.29. The molecule has 0 saturated carbocycles. The average molecular weight is 1560 g/mol. The quantitative estimate of drug-likeness (QED) is 0.0142. The number of primary amides is 1. The van der Waals surface area contributed by atoms with Gasteiger partial charge in [-0.1, -0.05) is 96.6 Å². The summed E-state index contributed by atoms with van der Waals surface area (Å²) in [6.07, 6.45) is -2.13. The van der Waals surface area contributed by atoms with Crippen molar-refractivity contribution in [3.8, 4) is 0 Å². The van der Waals surface area contributed by atoms with Crippen LogP contribution < -0.4 is 91.6 Å². The van der Waals surface area contributed by atoms with Crippen LogP contribution in [0.5, 0.6) is 0 Å². The molecular weight excluding hydrogens is 1450 g/mol. The van der Waals surface area contributed by atoms with E-state index in [-0.39, 0.29) is 70.9 Å². The number of carboxylic acids is 1. The average Bonchev–Trinajstić information content (AvgIpc) is 0.857. The first-order chi connectivity index (χ1) is 52.6. The van der Waals surface area contributed by atoms with Gasteiger partial charge in [0.25, 0.3) is 0 Å². The smallest absolute Gasteiger partial charge is 0.325 e. The Labute approximate surface area is 640 Å². The van der Waals surface area contributed by atoms with Crippen molar-refractivity contribution < 1.29 is 97.5 Å². The highest BCUT2D eigenvalue weighted by Gasteiger charge is 2.38. The Kier molecular flexibility index (Phi) is 41.5. The standard InChI is InChI=1S/C72H105N19O20/c1-7-77-35-39(2)30-49(85-65(104)52(33-46-24-15-10-16-25-46)87-64(103)50(81-43(6)96)31-44-20-11-8-12-21-44)63(102)83-48(27-19-29-78-72(75)76)61(100)91-59(42(5)95)70(109)89-54(37-92)67(106)84-47(26-17-18-28-73)60(99)88-55(38-93)68(107)90-58(41(4)94)69(108)79-36-57(98)82-53(34-56(74)97)66(105)86-51(32-45-22-13-9-14-23-45)62(101)80-40(3)71(110)111/h7-16,20-25,35,40-42,47-55,58-59,92-95H,17-19,26-34,36-38,73H2,1-6H3,(H2,74,97)(H,79,108)(H,80,101)(H,81,96)(H,82,98)(H,83,102)(H,84,106)(H,85,104)(H,86,105)(H,87,103)(H,88,99)(H,89,109)(H,90,107)(H,91,100)(H,110,111)(H4,75,76,78)/b39-35+,77-7?/t40-,41?,42?,47?,48?,49?,50?,51?,52?,53?,54?,55?,58?,59?/m0/s1. The maximum absolute atomic E-state index is 14.7. The number of aliphatic carboxylic acids is 1. The van der Waals surface area contributed by atoms with E-state index in [2.05, 4.69) is 79.4 Å². The first-order valence-corrected chi connectivity index (χ1v) is 35.6. The van der Waals surface area contributed by atoms with Crippen molar-refractivity contribution >= 4 is 101 Å². The third kappa shape index (κ3) is 35.0. The summed E-state index contributed by atoms with van der Waals surface area (Å²) < 4.78 is 0. The number of amides is 14. The summed E-state index contributed by atoms with van der Waals surface area (Å²) >= 11 is 0. The fourth-order valence-electron chi connectivity index (χ4n) is 10.7. The molecule has 608 valence electrons. The van der Waals surface area contributed by atoms with E-state index in [1.807, 2.05) is 0 Å². The van der Waals surface area contributed by atoms with Gasteiger partial charge in [-0.2, -0.15) is 0 Å². The van der Waals surface area contributed by atoms with E-state index in [1.54, 1.807) is 105 Å². The van der Waals surface area contributed by atoms with Crippen LogP contribution in [0.4, 0.5) is 0 Å². The van der Waals surface area contributed by atoms with Crippen LogP contribution in [0, 0.1) is 5.41 Å².